The lowest BCUT2D eigenvalue weighted by molar-refractivity contribution is 0.174. The molecule has 12 heteroatoms. The van der Waals surface area contributed by atoms with Gasteiger partial charge in [-0.25, -0.2) is 0 Å². The number of hydrogen-bond donors (Lipinski definition) is 4. The van der Waals surface area contributed by atoms with Crippen LogP contribution in [0, 0.1) is 0 Å². The fourth-order valence-corrected chi connectivity index (χ4v) is 6.03. The summed E-state index contributed by atoms with van der Waals surface area (Å²) in [6.45, 7) is 4.61. The highest BCUT2D eigenvalue weighted by molar-refractivity contribution is 7.85. The monoisotopic (exact) mass is 700 g/mol. The molecule has 4 rings (SSSR count). The molecule has 0 spiro atoms. The number of thiocarbonyl (C=S) groups is 2. The zero-order chi connectivity index (χ0) is 32.6. The molecule has 0 saturated carbocycles. The van der Waals surface area contributed by atoms with Gasteiger partial charge in [-0.1, -0.05) is 99.7 Å². The van der Waals surface area contributed by atoms with Gasteiger partial charge in [0.15, 0.2) is 11.5 Å². The van der Waals surface area contributed by atoms with Gasteiger partial charge in [-0.3, -0.25) is 4.21 Å². The third-order valence-corrected chi connectivity index (χ3v) is 9.42. The molecule has 1 aliphatic rings. The van der Waals surface area contributed by atoms with Crippen molar-refractivity contribution < 1.29 is 34.1 Å². The number of benzene rings is 3. The van der Waals surface area contributed by atoms with E-state index in [0.29, 0.717) is 17.9 Å². The van der Waals surface area contributed by atoms with E-state index in [1.165, 1.54) is 60.5 Å². The largest absolute Gasteiger partial charge is 0.507 e. The van der Waals surface area contributed by atoms with Gasteiger partial charge in [0.25, 0.3) is 0 Å². The molecular formula is C32H38Cl2O7S3. The highest BCUT2D eigenvalue weighted by Gasteiger charge is 2.16. The topological polar surface area (TPSA) is 116 Å². The van der Waals surface area contributed by atoms with Crippen molar-refractivity contribution in [2.75, 3.05) is 12.5 Å². The SMILES string of the molecule is CCCCCCCCS(=O)C(C)Cc1ccc2c(c1)OCO2.Oc1cc(O)c(C=S)cc1Cl.Oc1cc(O)c(C=S)cc1Cl. The molecule has 0 bridgehead atoms. The summed E-state index contributed by atoms with van der Waals surface area (Å²) in [4.78, 5) is 0. The van der Waals surface area contributed by atoms with Crippen molar-refractivity contribution in [3.05, 3.63) is 69.2 Å². The van der Waals surface area contributed by atoms with Crippen LogP contribution in [0.25, 0.3) is 0 Å². The van der Waals surface area contributed by atoms with Gasteiger partial charge < -0.3 is 29.9 Å². The van der Waals surface area contributed by atoms with E-state index in [-0.39, 0.29) is 38.3 Å². The molecule has 3 aromatic carbocycles. The van der Waals surface area contributed by atoms with E-state index in [0.717, 1.165) is 42.2 Å². The van der Waals surface area contributed by atoms with Gasteiger partial charge in [0, 0.05) is 55.8 Å². The molecule has 44 heavy (non-hydrogen) atoms. The average molecular weight is 702 g/mol. The van der Waals surface area contributed by atoms with E-state index in [9.17, 15) is 4.21 Å². The van der Waals surface area contributed by atoms with Crippen molar-refractivity contribution in [1.82, 2.24) is 0 Å². The third-order valence-electron chi connectivity index (χ3n) is 6.55. The molecule has 0 aromatic heterocycles. The maximum absolute atomic E-state index is 12.3. The van der Waals surface area contributed by atoms with E-state index in [2.05, 4.69) is 38.3 Å². The maximum Gasteiger partial charge on any atom is 0.231 e. The van der Waals surface area contributed by atoms with Gasteiger partial charge in [-0.15, -0.1) is 0 Å². The molecule has 1 heterocycles. The molecule has 4 N–H and O–H groups in total. The second-order valence-corrected chi connectivity index (χ2v) is 13.3. The van der Waals surface area contributed by atoms with Crippen LogP contribution >= 0.6 is 47.6 Å². The Morgan fingerprint density at radius 1 is 0.795 bits per heavy atom. The Morgan fingerprint density at radius 3 is 1.86 bits per heavy atom. The lowest BCUT2D eigenvalue weighted by Crippen LogP contribution is -2.16. The maximum atomic E-state index is 12.3. The summed E-state index contributed by atoms with van der Waals surface area (Å²) in [5.74, 6) is 2.02. The Balaban J connectivity index is 0.000000257. The molecule has 0 fully saturated rings. The number of unbranched alkanes of at least 4 members (excludes halogenated alkanes) is 5. The van der Waals surface area contributed by atoms with Crippen LogP contribution in [0.3, 0.4) is 0 Å². The lowest BCUT2D eigenvalue weighted by atomic mass is 10.1. The molecule has 1 aliphatic heterocycles. The van der Waals surface area contributed by atoms with E-state index in [1.54, 1.807) is 0 Å². The van der Waals surface area contributed by atoms with E-state index < -0.39 is 10.8 Å². The van der Waals surface area contributed by atoms with Gasteiger partial charge in [0.05, 0.1) is 10.0 Å². The van der Waals surface area contributed by atoms with Crippen molar-refractivity contribution in [3.63, 3.8) is 0 Å². The highest BCUT2D eigenvalue weighted by atomic mass is 35.5. The number of phenolic OH excluding ortho intramolecular Hbond substituents is 4. The van der Waals surface area contributed by atoms with Crippen LogP contribution in [0.4, 0.5) is 0 Å². The zero-order valence-electron chi connectivity index (χ0n) is 24.6. The summed E-state index contributed by atoms with van der Waals surface area (Å²) in [5.41, 5.74) is 2.04. The second-order valence-electron chi connectivity index (χ2n) is 10.0. The number of aromatic hydroxyl groups is 4. The lowest BCUT2D eigenvalue weighted by Gasteiger charge is -2.12. The first-order valence-corrected chi connectivity index (χ1v) is 17.2. The number of hydrogen-bond acceptors (Lipinski definition) is 9. The normalized spacial score (nSPS) is 12.6. The average Bonchev–Trinajstić information content (AvgIpc) is 3.47. The number of ether oxygens (including phenoxy) is 2. The van der Waals surface area contributed by atoms with Gasteiger partial charge in [0.2, 0.25) is 6.79 Å². The van der Waals surface area contributed by atoms with E-state index in [4.69, 9.17) is 53.1 Å². The van der Waals surface area contributed by atoms with Crippen LogP contribution < -0.4 is 9.47 Å². The molecule has 0 amide bonds. The first-order chi connectivity index (χ1) is 21.0. The fraction of sp³-hybridized carbons (Fsp3) is 0.375. The van der Waals surface area contributed by atoms with Crippen LogP contribution in [0.15, 0.2) is 42.5 Å². The van der Waals surface area contributed by atoms with Crippen molar-refractivity contribution in [2.45, 2.75) is 64.0 Å². The van der Waals surface area contributed by atoms with Crippen LogP contribution in [-0.4, -0.2) is 53.2 Å². The van der Waals surface area contributed by atoms with Crippen molar-refractivity contribution >= 4 is 69.2 Å². The van der Waals surface area contributed by atoms with Crippen LogP contribution in [0.2, 0.25) is 10.0 Å². The quantitative estimate of drug-likeness (QED) is 0.109. The smallest absolute Gasteiger partial charge is 0.231 e. The van der Waals surface area contributed by atoms with Crippen molar-refractivity contribution in [3.8, 4) is 34.5 Å². The molecule has 2 unspecified atom stereocenters. The predicted molar refractivity (Wildman–Crippen MR) is 187 cm³/mol. The van der Waals surface area contributed by atoms with Crippen molar-refractivity contribution in [1.29, 1.82) is 0 Å². The second kappa shape index (κ2) is 19.7. The Bertz CT molecular complexity index is 1360. The number of fused-ring (bicyclic) bond motifs is 1. The molecule has 0 aliphatic carbocycles. The van der Waals surface area contributed by atoms with Crippen LogP contribution in [-0.2, 0) is 17.2 Å². The minimum atomic E-state index is -0.743. The van der Waals surface area contributed by atoms with Gasteiger partial charge in [-0.2, -0.15) is 0 Å². The highest BCUT2D eigenvalue weighted by Crippen LogP contribution is 2.33. The van der Waals surface area contributed by atoms with Gasteiger partial charge in [-0.05, 0) is 42.7 Å². The Morgan fingerprint density at radius 2 is 1.32 bits per heavy atom. The van der Waals surface area contributed by atoms with Gasteiger partial charge in [0.1, 0.15) is 23.0 Å². The standard InChI is InChI=1S/C18H28O3S.2C7H5ClO2S/c1-3-4-5-6-7-8-11-22(19)15(2)12-16-9-10-17-18(13-16)21-14-20-17;2*8-5-1-4(3-11)6(9)2-7(5)10/h9-10,13,15H,3-8,11-12,14H2,1-2H3;2*1-3,9-10H. The minimum absolute atomic E-state index is 0.0677. The first kappa shape index (κ1) is 37.6. The Labute approximate surface area is 282 Å². The van der Waals surface area contributed by atoms with E-state index in [1.807, 2.05) is 18.2 Å². The number of rotatable bonds is 12. The summed E-state index contributed by atoms with van der Waals surface area (Å²) in [5, 5.41) is 39.3. The summed E-state index contributed by atoms with van der Waals surface area (Å²) in [6, 6.07) is 11.1. The number of phenols is 4. The molecule has 240 valence electrons. The third kappa shape index (κ3) is 12.4. The molecular weight excluding hydrogens is 663 g/mol. The van der Waals surface area contributed by atoms with E-state index >= 15 is 0 Å². The van der Waals surface area contributed by atoms with Crippen molar-refractivity contribution in [2.24, 2.45) is 0 Å². The fourth-order valence-electron chi connectivity index (χ4n) is 4.04. The molecule has 3 aromatic rings. The Kier molecular flexibility index (Phi) is 16.8. The van der Waals surface area contributed by atoms with Gasteiger partial charge >= 0.3 is 0 Å². The summed E-state index contributed by atoms with van der Waals surface area (Å²) in [6.07, 6.45) is 8.32. The zero-order valence-corrected chi connectivity index (χ0v) is 28.6. The molecule has 2 atom stereocenters. The summed E-state index contributed by atoms with van der Waals surface area (Å²) >= 11 is 20.2. The molecule has 0 saturated heterocycles. The Hall–Kier alpha value is -2.63. The molecule has 7 nitrogen and oxygen atoms in total. The van der Waals surface area contributed by atoms with Crippen LogP contribution in [0.5, 0.6) is 34.5 Å². The summed E-state index contributed by atoms with van der Waals surface area (Å²) < 4.78 is 23.0. The first-order valence-electron chi connectivity index (χ1n) is 14.1. The minimum Gasteiger partial charge on any atom is -0.507 e. The predicted octanol–water partition coefficient (Wildman–Crippen LogP) is 8.65. The van der Waals surface area contributed by atoms with Crippen LogP contribution in [0.1, 0.15) is 69.1 Å². The summed E-state index contributed by atoms with van der Waals surface area (Å²) in [7, 11) is -0.743. The number of halogens is 2. The molecule has 0 radical (unpaired) electrons.